The summed E-state index contributed by atoms with van der Waals surface area (Å²) in [6.07, 6.45) is 1.97. The number of piperazine rings is 1. The Hall–Kier alpha value is -2.55. The molecule has 0 bridgehead atoms. The predicted molar refractivity (Wildman–Crippen MR) is 122 cm³/mol. The van der Waals surface area contributed by atoms with E-state index >= 15 is 0 Å². The molecule has 7 nitrogen and oxygen atoms in total. The zero-order chi connectivity index (χ0) is 21.1. The first-order chi connectivity index (χ1) is 14.5. The third-order valence-corrected chi connectivity index (χ3v) is 6.29. The van der Waals surface area contributed by atoms with Crippen molar-refractivity contribution in [3.05, 3.63) is 64.1 Å². The first-order valence-electron chi connectivity index (χ1n) is 10.2. The fourth-order valence-electron chi connectivity index (χ4n) is 3.76. The summed E-state index contributed by atoms with van der Waals surface area (Å²) in [4.78, 5) is 11.8. The van der Waals surface area contributed by atoms with Crippen molar-refractivity contribution in [1.29, 1.82) is 0 Å². The molecule has 4 rings (SSSR count). The lowest BCUT2D eigenvalue weighted by Crippen LogP contribution is -2.56. The Morgan fingerprint density at radius 3 is 2.70 bits per heavy atom. The average molecular weight is 427 g/mol. The number of hydrogen-bond acceptors (Lipinski definition) is 8. The molecule has 0 saturated carbocycles. The van der Waals surface area contributed by atoms with Crippen molar-refractivity contribution in [3.63, 3.8) is 0 Å². The summed E-state index contributed by atoms with van der Waals surface area (Å²) < 4.78 is 5.40. The first kappa shape index (κ1) is 20.7. The number of benzene rings is 1. The molecule has 0 radical (unpaired) electrons. The highest BCUT2D eigenvalue weighted by atomic mass is 32.1. The molecule has 0 spiro atoms. The maximum absolute atomic E-state index is 6.82. The van der Waals surface area contributed by atoms with E-state index in [9.17, 15) is 0 Å². The van der Waals surface area contributed by atoms with Gasteiger partial charge in [-0.2, -0.15) is 11.3 Å². The van der Waals surface area contributed by atoms with E-state index in [0.717, 1.165) is 55.8 Å². The molecule has 1 saturated heterocycles. The Labute approximate surface area is 182 Å². The Balaban J connectivity index is 1.54. The topological polar surface area (TPSA) is 69.4 Å². The normalized spacial score (nSPS) is 22.2. The van der Waals surface area contributed by atoms with Crippen molar-refractivity contribution in [3.8, 4) is 5.75 Å². The number of methoxy groups -OCH3 is 1. The van der Waals surface area contributed by atoms with Crippen molar-refractivity contribution in [2.45, 2.75) is 12.2 Å². The summed E-state index contributed by atoms with van der Waals surface area (Å²) in [5.74, 6) is 2.53. The van der Waals surface area contributed by atoms with Gasteiger partial charge in [0.05, 0.1) is 7.11 Å². The van der Waals surface area contributed by atoms with Crippen LogP contribution < -0.4 is 15.8 Å². The van der Waals surface area contributed by atoms with E-state index in [1.807, 2.05) is 49.3 Å². The van der Waals surface area contributed by atoms with Gasteiger partial charge >= 0.3 is 0 Å². The number of ether oxygens (including phenoxy) is 1. The highest BCUT2D eigenvalue weighted by Crippen LogP contribution is 2.29. The molecule has 2 aromatic rings. The van der Waals surface area contributed by atoms with Crippen LogP contribution in [0.3, 0.4) is 0 Å². The highest BCUT2D eigenvalue weighted by Gasteiger charge is 2.33. The van der Waals surface area contributed by atoms with Gasteiger partial charge in [0, 0.05) is 58.5 Å². The highest BCUT2D eigenvalue weighted by molar-refractivity contribution is 7.07. The van der Waals surface area contributed by atoms with Gasteiger partial charge < -0.3 is 19.9 Å². The van der Waals surface area contributed by atoms with E-state index < -0.39 is 5.66 Å². The molecule has 1 fully saturated rings. The summed E-state index contributed by atoms with van der Waals surface area (Å²) >= 11 is 1.75. The van der Waals surface area contributed by atoms with Crippen molar-refractivity contribution >= 4 is 17.3 Å². The molecule has 1 unspecified atom stereocenters. The molecule has 160 valence electrons. The van der Waals surface area contributed by atoms with Gasteiger partial charge in [0.2, 0.25) is 5.96 Å². The molecule has 8 heteroatoms. The minimum atomic E-state index is -0.956. The van der Waals surface area contributed by atoms with Crippen molar-refractivity contribution < 1.29 is 4.74 Å². The zero-order valence-corrected chi connectivity index (χ0v) is 18.7. The maximum atomic E-state index is 6.82. The molecule has 2 aliphatic rings. The standard InChI is InChI=1S/C22H30N6OS/c1-26(2)20-14-22(23,18-5-4-6-19(13-18)29-3)25-21(24-20)28-10-8-27(9-11-28)15-17-7-12-30-16-17/h4-7,12-14,16H,8-11,15,23H2,1-3H3,(H,24,25). The molecule has 30 heavy (non-hydrogen) atoms. The van der Waals surface area contributed by atoms with Gasteiger partial charge in [-0.1, -0.05) is 12.1 Å². The molecule has 1 aromatic heterocycles. The molecule has 2 aliphatic heterocycles. The van der Waals surface area contributed by atoms with Gasteiger partial charge in [0.25, 0.3) is 0 Å². The number of thiophene rings is 1. The van der Waals surface area contributed by atoms with E-state index in [2.05, 4.69) is 31.9 Å². The third kappa shape index (κ3) is 4.45. The van der Waals surface area contributed by atoms with Crippen LogP contribution in [0.1, 0.15) is 11.1 Å². The lowest BCUT2D eigenvalue weighted by molar-refractivity contribution is 0.171. The quantitative estimate of drug-likeness (QED) is 0.763. The third-order valence-electron chi connectivity index (χ3n) is 5.56. The summed E-state index contributed by atoms with van der Waals surface area (Å²) in [6, 6.07) is 10.0. The second kappa shape index (κ2) is 8.67. The summed E-state index contributed by atoms with van der Waals surface area (Å²) in [5.41, 5.74) is 8.16. The van der Waals surface area contributed by atoms with Crippen LogP contribution in [0.2, 0.25) is 0 Å². The van der Waals surface area contributed by atoms with E-state index in [1.165, 1.54) is 5.56 Å². The monoisotopic (exact) mass is 426 g/mol. The van der Waals surface area contributed by atoms with E-state index in [-0.39, 0.29) is 0 Å². The SMILES string of the molecule is COc1cccc(C2(N)C=C(N(C)C)NC(N3CCN(Cc4ccsc4)CC3)=N2)c1. The van der Waals surface area contributed by atoms with Gasteiger partial charge in [0.1, 0.15) is 11.6 Å². The fourth-order valence-corrected chi connectivity index (χ4v) is 4.42. The van der Waals surface area contributed by atoms with Gasteiger partial charge in [-0.15, -0.1) is 0 Å². The van der Waals surface area contributed by atoms with E-state index in [1.54, 1.807) is 18.4 Å². The van der Waals surface area contributed by atoms with Crippen LogP contribution >= 0.6 is 11.3 Å². The van der Waals surface area contributed by atoms with Crippen molar-refractivity contribution in [1.82, 2.24) is 20.0 Å². The van der Waals surface area contributed by atoms with Crippen LogP contribution in [-0.4, -0.2) is 68.0 Å². The number of nitrogens with two attached hydrogens (primary N) is 1. The molecule has 1 atom stereocenters. The second-order valence-electron chi connectivity index (χ2n) is 7.94. The van der Waals surface area contributed by atoms with Gasteiger partial charge in [-0.25, -0.2) is 4.99 Å². The van der Waals surface area contributed by atoms with E-state index in [0.29, 0.717) is 0 Å². The fraction of sp³-hybridized carbons (Fsp3) is 0.409. The van der Waals surface area contributed by atoms with Gasteiger partial charge in [-0.05, 0) is 34.5 Å². The van der Waals surface area contributed by atoms with Crippen LogP contribution in [0.5, 0.6) is 5.75 Å². The molecular weight excluding hydrogens is 396 g/mol. The maximum Gasteiger partial charge on any atom is 0.202 e. The van der Waals surface area contributed by atoms with Crippen LogP contribution in [0.15, 0.2) is 58.0 Å². The van der Waals surface area contributed by atoms with Gasteiger partial charge in [0.15, 0.2) is 5.66 Å². The number of aliphatic imine (C=N–C) groups is 1. The van der Waals surface area contributed by atoms with Crippen LogP contribution in [0.4, 0.5) is 0 Å². The lowest BCUT2D eigenvalue weighted by atomic mass is 9.99. The number of nitrogens with one attached hydrogen (secondary N) is 1. The molecule has 1 aromatic carbocycles. The Bertz CT molecular complexity index is 917. The van der Waals surface area contributed by atoms with Crippen LogP contribution in [0.25, 0.3) is 0 Å². The van der Waals surface area contributed by atoms with Crippen molar-refractivity contribution in [2.75, 3.05) is 47.4 Å². The number of guanidine groups is 1. The average Bonchev–Trinajstić information content (AvgIpc) is 3.27. The largest absolute Gasteiger partial charge is 0.497 e. The molecule has 3 N–H and O–H groups in total. The molecular formula is C22H30N6OS. The van der Waals surface area contributed by atoms with E-state index in [4.69, 9.17) is 15.5 Å². The number of nitrogens with zero attached hydrogens (tertiary/aromatic N) is 4. The molecule has 0 aliphatic carbocycles. The summed E-state index contributed by atoms with van der Waals surface area (Å²) in [6.45, 7) is 4.81. The zero-order valence-electron chi connectivity index (χ0n) is 17.8. The minimum absolute atomic E-state index is 0.773. The number of rotatable bonds is 5. The minimum Gasteiger partial charge on any atom is -0.497 e. The molecule has 0 amide bonds. The summed E-state index contributed by atoms with van der Waals surface area (Å²) in [5, 5.41) is 7.84. The predicted octanol–water partition coefficient (Wildman–Crippen LogP) is 2.05. The smallest absolute Gasteiger partial charge is 0.202 e. The van der Waals surface area contributed by atoms with Crippen LogP contribution in [-0.2, 0) is 12.2 Å². The molecule has 3 heterocycles. The Morgan fingerprint density at radius 2 is 2.03 bits per heavy atom. The second-order valence-corrected chi connectivity index (χ2v) is 8.72. The Kier molecular flexibility index (Phi) is 5.99. The Morgan fingerprint density at radius 1 is 1.23 bits per heavy atom. The lowest BCUT2D eigenvalue weighted by Gasteiger charge is -2.40. The first-order valence-corrected chi connectivity index (χ1v) is 11.1. The van der Waals surface area contributed by atoms with Crippen LogP contribution in [0, 0.1) is 0 Å². The summed E-state index contributed by atoms with van der Waals surface area (Å²) in [7, 11) is 5.68. The van der Waals surface area contributed by atoms with Gasteiger partial charge in [-0.3, -0.25) is 10.6 Å². The van der Waals surface area contributed by atoms with Crippen molar-refractivity contribution in [2.24, 2.45) is 10.7 Å². The number of hydrogen-bond donors (Lipinski definition) is 2.